The minimum absolute atomic E-state index is 0.377. The monoisotopic (exact) mass is 587 g/mol. The summed E-state index contributed by atoms with van der Waals surface area (Å²) < 4.78 is 78.0. The summed E-state index contributed by atoms with van der Waals surface area (Å²) in [5.41, 5.74) is -4.17. The maximum Gasteiger partial charge on any atom is 0.471 e. The number of fused-ring (bicyclic) bond motifs is 1. The molecule has 2 heterocycles. The molecule has 0 aliphatic carbocycles. The maximum absolute atomic E-state index is 14.2. The Bertz CT molecular complexity index is 1340. The number of nitriles is 1. The third-order valence-electron chi connectivity index (χ3n) is 6.09. The molecular weight excluding hydrogens is 561 g/mol. The number of hydrogen-bond donors (Lipinski definition) is 3. The van der Waals surface area contributed by atoms with E-state index in [2.05, 4.69) is 10.6 Å². The van der Waals surface area contributed by atoms with E-state index in [9.17, 15) is 46.4 Å². The van der Waals surface area contributed by atoms with E-state index < -0.39 is 95.6 Å². The van der Waals surface area contributed by atoms with Gasteiger partial charge in [-0.2, -0.15) is 18.4 Å². The molecule has 0 aromatic heterocycles. The minimum Gasteiger partial charge on any atom is -0.473 e. The molecule has 222 valence electrons. The average molecular weight is 588 g/mol. The van der Waals surface area contributed by atoms with Crippen LogP contribution < -0.4 is 20.7 Å². The highest BCUT2D eigenvalue weighted by Crippen LogP contribution is 2.42. The second-order valence-electron chi connectivity index (χ2n) is 10.3. The van der Waals surface area contributed by atoms with Crippen molar-refractivity contribution in [3.8, 4) is 11.8 Å². The highest BCUT2D eigenvalue weighted by molar-refractivity contribution is 6.02. The molecule has 3 atom stereocenters. The molecule has 16 heteroatoms. The predicted octanol–water partition coefficient (Wildman–Crippen LogP) is 1.90. The Morgan fingerprint density at radius 3 is 2.51 bits per heavy atom. The Kier molecular flexibility index (Phi) is 8.63. The van der Waals surface area contributed by atoms with Crippen molar-refractivity contribution in [1.29, 1.82) is 5.26 Å². The summed E-state index contributed by atoms with van der Waals surface area (Å²) in [6.07, 6.45) is -5.04. The lowest BCUT2D eigenvalue weighted by Crippen LogP contribution is -2.53. The summed E-state index contributed by atoms with van der Waals surface area (Å²) in [6, 6.07) is 1.83. The molecule has 11 nitrogen and oxygen atoms in total. The molecule has 1 saturated heterocycles. The van der Waals surface area contributed by atoms with Crippen molar-refractivity contribution >= 4 is 29.3 Å². The molecule has 2 aliphatic rings. The molecule has 4 amide bonds. The fourth-order valence-corrected chi connectivity index (χ4v) is 4.14. The van der Waals surface area contributed by atoms with Crippen LogP contribution in [0.5, 0.6) is 5.75 Å². The van der Waals surface area contributed by atoms with Gasteiger partial charge in [0.25, 0.3) is 11.8 Å². The standard InChI is InChI=1S/C25H26F5N5O6/c1-23(2,3)40-10-12(5-16(19(36)32-4)33-22(39)25(28,29)30)20(37)35-11-24(8-14(35)9-31)21(38)34-18-15(27)6-13(26)7-17(18)41-24/h5-7,12,14H,8,10-11H2,1-4H3,(H,32,36)(H,33,39)(H,34,38)/t12-,14-,24+/m0/s1. The van der Waals surface area contributed by atoms with Crippen LogP contribution in [0.2, 0.25) is 0 Å². The number of nitrogens with zero attached hydrogens (tertiary/aromatic N) is 2. The fraction of sp³-hybridized carbons (Fsp3) is 0.480. The second-order valence-corrected chi connectivity index (χ2v) is 10.3. The van der Waals surface area contributed by atoms with Gasteiger partial charge in [0.2, 0.25) is 11.5 Å². The molecule has 0 bridgehead atoms. The first kappa shape index (κ1) is 31.3. The summed E-state index contributed by atoms with van der Waals surface area (Å²) in [5.74, 6) is -9.58. The van der Waals surface area contributed by atoms with Gasteiger partial charge >= 0.3 is 12.1 Å². The van der Waals surface area contributed by atoms with E-state index in [0.717, 1.165) is 24.1 Å². The summed E-state index contributed by atoms with van der Waals surface area (Å²) in [7, 11) is 1.08. The number of halogens is 5. The first-order valence-electron chi connectivity index (χ1n) is 12.1. The zero-order valence-corrected chi connectivity index (χ0v) is 22.2. The number of rotatable bonds is 6. The van der Waals surface area contributed by atoms with E-state index in [4.69, 9.17) is 9.47 Å². The van der Waals surface area contributed by atoms with Gasteiger partial charge in [-0.1, -0.05) is 0 Å². The largest absolute Gasteiger partial charge is 0.473 e. The highest BCUT2D eigenvalue weighted by Gasteiger charge is 2.56. The number of anilines is 1. The lowest BCUT2D eigenvalue weighted by Gasteiger charge is -2.34. The van der Waals surface area contributed by atoms with Gasteiger partial charge in [0.05, 0.1) is 30.7 Å². The number of likely N-dealkylation sites (N-methyl/N-ethyl adjacent to an activating group) is 1. The molecule has 0 unspecified atom stereocenters. The molecule has 1 aromatic rings. The predicted molar refractivity (Wildman–Crippen MR) is 130 cm³/mol. The molecule has 0 radical (unpaired) electrons. The molecule has 0 saturated carbocycles. The van der Waals surface area contributed by atoms with Gasteiger partial charge in [-0.15, -0.1) is 0 Å². The molecular formula is C25H26F5N5O6. The maximum atomic E-state index is 14.2. The zero-order valence-electron chi connectivity index (χ0n) is 22.2. The Balaban J connectivity index is 2.00. The van der Waals surface area contributed by atoms with Crippen LogP contribution in [0, 0.1) is 28.9 Å². The van der Waals surface area contributed by atoms with Gasteiger partial charge in [0, 0.05) is 25.6 Å². The summed E-state index contributed by atoms with van der Waals surface area (Å²) in [5, 5.41) is 15.5. The number of hydrogen-bond acceptors (Lipinski definition) is 7. The van der Waals surface area contributed by atoms with Crippen LogP contribution in [0.4, 0.5) is 27.6 Å². The van der Waals surface area contributed by atoms with Crippen molar-refractivity contribution in [2.45, 2.75) is 50.6 Å². The Labute approximate surface area is 230 Å². The fourth-order valence-electron chi connectivity index (χ4n) is 4.14. The number of alkyl halides is 3. The zero-order chi connectivity index (χ0) is 30.9. The normalized spacial score (nSPS) is 21.4. The van der Waals surface area contributed by atoms with Crippen molar-refractivity contribution in [1.82, 2.24) is 15.5 Å². The topological polar surface area (TPSA) is 150 Å². The lowest BCUT2D eigenvalue weighted by atomic mass is 9.97. The van der Waals surface area contributed by atoms with Gasteiger partial charge in [-0.3, -0.25) is 19.2 Å². The SMILES string of the molecule is CNC(=O)C(=C[C@@H](COC(C)(C)C)C(=O)N1C[C@@]2(C[C@H]1C#N)Oc1cc(F)cc(F)c1NC2=O)NC(=O)C(F)(F)F. The van der Waals surface area contributed by atoms with Crippen LogP contribution in [-0.4, -0.2) is 72.1 Å². The Hall–Kier alpha value is -4.26. The van der Waals surface area contributed by atoms with Crippen molar-refractivity contribution in [2.75, 3.05) is 25.5 Å². The van der Waals surface area contributed by atoms with Crippen LogP contribution in [0.15, 0.2) is 23.9 Å². The Morgan fingerprint density at radius 2 is 1.95 bits per heavy atom. The smallest absolute Gasteiger partial charge is 0.471 e. The van der Waals surface area contributed by atoms with E-state index in [0.29, 0.717) is 6.07 Å². The molecule has 3 rings (SSSR count). The van der Waals surface area contributed by atoms with Gasteiger partial charge < -0.3 is 30.3 Å². The van der Waals surface area contributed by atoms with Crippen molar-refractivity contribution < 1.29 is 50.6 Å². The number of benzene rings is 1. The second kappa shape index (κ2) is 11.3. The quantitative estimate of drug-likeness (QED) is 0.340. The van der Waals surface area contributed by atoms with E-state index >= 15 is 0 Å². The van der Waals surface area contributed by atoms with E-state index in [-0.39, 0.29) is 5.75 Å². The molecule has 3 N–H and O–H groups in total. The van der Waals surface area contributed by atoms with Gasteiger partial charge in [-0.05, 0) is 26.8 Å². The van der Waals surface area contributed by atoms with Crippen LogP contribution >= 0.6 is 0 Å². The summed E-state index contributed by atoms with van der Waals surface area (Å²) in [6.45, 7) is 3.72. The third-order valence-corrected chi connectivity index (χ3v) is 6.09. The van der Waals surface area contributed by atoms with E-state index in [1.54, 1.807) is 20.8 Å². The van der Waals surface area contributed by atoms with Crippen molar-refractivity contribution in [3.63, 3.8) is 0 Å². The van der Waals surface area contributed by atoms with Crippen molar-refractivity contribution in [3.05, 3.63) is 35.5 Å². The lowest BCUT2D eigenvalue weighted by molar-refractivity contribution is -0.172. The first-order valence-corrected chi connectivity index (χ1v) is 12.1. The van der Waals surface area contributed by atoms with Crippen LogP contribution in [-0.2, 0) is 23.9 Å². The highest BCUT2D eigenvalue weighted by atomic mass is 19.4. The van der Waals surface area contributed by atoms with Crippen LogP contribution in [0.25, 0.3) is 0 Å². The van der Waals surface area contributed by atoms with E-state index in [1.165, 1.54) is 5.32 Å². The molecule has 1 aromatic carbocycles. The van der Waals surface area contributed by atoms with E-state index in [1.807, 2.05) is 6.07 Å². The molecule has 1 fully saturated rings. The first-order chi connectivity index (χ1) is 18.9. The van der Waals surface area contributed by atoms with Crippen LogP contribution in [0.3, 0.4) is 0 Å². The van der Waals surface area contributed by atoms with Gasteiger partial charge in [0.1, 0.15) is 23.2 Å². The van der Waals surface area contributed by atoms with Crippen molar-refractivity contribution in [2.24, 2.45) is 5.92 Å². The van der Waals surface area contributed by atoms with Gasteiger partial charge in [-0.25, -0.2) is 8.78 Å². The molecule has 1 spiro atoms. The average Bonchev–Trinajstić information content (AvgIpc) is 3.24. The Morgan fingerprint density at radius 1 is 1.29 bits per heavy atom. The number of carbonyl (C=O) groups is 4. The number of ether oxygens (including phenoxy) is 2. The third kappa shape index (κ3) is 6.91. The van der Waals surface area contributed by atoms with Crippen LogP contribution in [0.1, 0.15) is 27.2 Å². The summed E-state index contributed by atoms with van der Waals surface area (Å²) >= 11 is 0. The van der Waals surface area contributed by atoms with Gasteiger partial charge in [0.15, 0.2) is 11.6 Å². The number of nitrogens with one attached hydrogen (secondary N) is 3. The number of carbonyl (C=O) groups excluding carboxylic acids is 4. The molecule has 41 heavy (non-hydrogen) atoms. The molecule has 2 aliphatic heterocycles. The number of amides is 4. The summed E-state index contributed by atoms with van der Waals surface area (Å²) in [4.78, 5) is 51.5. The minimum atomic E-state index is -5.36. The number of likely N-dealkylation sites (tertiary alicyclic amines) is 1.